The molecule has 3 nitrogen and oxygen atoms in total. The van der Waals surface area contributed by atoms with Crippen LogP contribution in [0.15, 0.2) is 48.5 Å². The average molecular weight is 282 g/mol. The van der Waals surface area contributed by atoms with Gasteiger partial charge in [0, 0.05) is 23.0 Å². The van der Waals surface area contributed by atoms with Crippen LogP contribution in [0, 0.1) is 6.92 Å². The van der Waals surface area contributed by atoms with E-state index in [1.807, 2.05) is 55.5 Å². The first kappa shape index (κ1) is 15.1. The van der Waals surface area contributed by atoms with Crippen molar-refractivity contribution >= 4 is 17.3 Å². The number of amides is 1. The van der Waals surface area contributed by atoms with Gasteiger partial charge in [0.25, 0.3) is 5.91 Å². The second kappa shape index (κ2) is 6.93. The Bertz CT molecular complexity index is 605. The summed E-state index contributed by atoms with van der Waals surface area (Å²) in [4.78, 5) is 12.1. The third-order valence-corrected chi connectivity index (χ3v) is 3.45. The molecule has 0 fully saturated rings. The molecule has 0 radical (unpaired) electrons. The largest absolute Gasteiger partial charge is 0.383 e. The van der Waals surface area contributed by atoms with Crippen LogP contribution in [0.3, 0.4) is 0 Å². The van der Waals surface area contributed by atoms with E-state index in [1.54, 1.807) is 0 Å². The van der Waals surface area contributed by atoms with Crippen LogP contribution < -0.4 is 10.6 Å². The molecular weight excluding hydrogens is 260 g/mol. The lowest BCUT2D eigenvalue weighted by Crippen LogP contribution is -2.14. The standard InChI is InChI=1S/C18H22N2O/c1-4-14(3)19-16-8-10-17(11-9-16)20-18(21)15-7-5-6-13(2)12-15/h5-12,14,19H,4H2,1-3H3,(H,20,21). The molecule has 1 atom stereocenters. The molecule has 0 heterocycles. The van der Waals surface area contributed by atoms with Crippen molar-refractivity contribution in [2.75, 3.05) is 10.6 Å². The Morgan fingerprint density at radius 1 is 1.10 bits per heavy atom. The maximum absolute atomic E-state index is 12.1. The molecule has 2 aromatic rings. The van der Waals surface area contributed by atoms with Gasteiger partial charge < -0.3 is 10.6 Å². The minimum Gasteiger partial charge on any atom is -0.383 e. The van der Waals surface area contributed by atoms with Crippen LogP contribution in [0.25, 0.3) is 0 Å². The van der Waals surface area contributed by atoms with Crippen LogP contribution in [-0.4, -0.2) is 11.9 Å². The highest BCUT2D eigenvalue weighted by Gasteiger charge is 2.06. The number of nitrogens with one attached hydrogen (secondary N) is 2. The average Bonchev–Trinajstić information content (AvgIpc) is 2.49. The van der Waals surface area contributed by atoms with Crippen molar-refractivity contribution in [3.05, 3.63) is 59.7 Å². The van der Waals surface area contributed by atoms with E-state index in [9.17, 15) is 4.79 Å². The van der Waals surface area contributed by atoms with Gasteiger partial charge in [-0.25, -0.2) is 0 Å². The van der Waals surface area contributed by atoms with Crippen LogP contribution in [0.1, 0.15) is 36.2 Å². The summed E-state index contributed by atoms with van der Waals surface area (Å²) in [6.07, 6.45) is 1.08. The van der Waals surface area contributed by atoms with Crippen LogP contribution in [-0.2, 0) is 0 Å². The van der Waals surface area contributed by atoms with Crippen molar-refractivity contribution in [1.82, 2.24) is 0 Å². The predicted molar refractivity (Wildman–Crippen MR) is 88.9 cm³/mol. The Kier molecular flexibility index (Phi) is 4.99. The molecule has 0 aliphatic rings. The Morgan fingerprint density at radius 2 is 1.76 bits per heavy atom. The molecular formula is C18H22N2O. The van der Waals surface area contributed by atoms with E-state index in [2.05, 4.69) is 24.5 Å². The number of carbonyl (C=O) groups is 1. The topological polar surface area (TPSA) is 41.1 Å². The Labute approximate surface area is 126 Å². The fourth-order valence-electron chi connectivity index (χ4n) is 2.03. The Morgan fingerprint density at radius 3 is 2.38 bits per heavy atom. The van der Waals surface area contributed by atoms with Gasteiger partial charge in [-0.3, -0.25) is 4.79 Å². The molecule has 0 aliphatic heterocycles. The fourth-order valence-corrected chi connectivity index (χ4v) is 2.03. The first-order valence-corrected chi connectivity index (χ1v) is 7.33. The summed E-state index contributed by atoms with van der Waals surface area (Å²) >= 11 is 0. The highest BCUT2D eigenvalue weighted by atomic mass is 16.1. The Hall–Kier alpha value is -2.29. The van der Waals surface area contributed by atoms with Gasteiger partial charge in [-0.15, -0.1) is 0 Å². The molecule has 0 saturated heterocycles. The molecule has 3 heteroatoms. The summed E-state index contributed by atoms with van der Waals surface area (Å²) in [5.74, 6) is -0.0821. The van der Waals surface area contributed by atoms with Gasteiger partial charge in [0.05, 0.1) is 0 Å². The van der Waals surface area contributed by atoms with E-state index in [0.29, 0.717) is 11.6 Å². The quantitative estimate of drug-likeness (QED) is 0.850. The number of benzene rings is 2. The number of hydrogen-bond donors (Lipinski definition) is 2. The third-order valence-electron chi connectivity index (χ3n) is 3.45. The van der Waals surface area contributed by atoms with E-state index < -0.39 is 0 Å². The maximum Gasteiger partial charge on any atom is 0.255 e. The molecule has 0 saturated carbocycles. The summed E-state index contributed by atoms with van der Waals surface area (Å²) in [6.45, 7) is 6.27. The fraction of sp³-hybridized carbons (Fsp3) is 0.278. The third kappa shape index (κ3) is 4.35. The van der Waals surface area contributed by atoms with Crippen molar-refractivity contribution in [3.63, 3.8) is 0 Å². The minimum absolute atomic E-state index is 0.0821. The lowest BCUT2D eigenvalue weighted by atomic mass is 10.1. The van der Waals surface area contributed by atoms with Crippen LogP contribution >= 0.6 is 0 Å². The SMILES string of the molecule is CCC(C)Nc1ccc(NC(=O)c2cccc(C)c2)cc1. The molecule has 0 bridgehead atoms. The highest BCUT2D eigenvalue weighted by molar-refractivity contribution is 6.04. The Balaban J connectivity index is 2.01. The minimum atomic E-state index is -0.0821. The number of hydrogen-bond acceptors (Lipinski definition) is 2. The van der Waals surface area contributed by atoms with E-state index in [4.69, 9.17) is 0 Å². The summed E-state index contributed by atoms with van der Waals surface area (Å²) in [6, 6.07) is 15.8. The van der Waals surface area contributed by atoms with Gasteiger partial charge in [-0.1, -0.05) is 24.6 Å². The number of carbonyl (C=O) groups excluding carboxylic acids is 1. The zero-order chi connectivity index (χ0) is 15.2. The van der Waals surface area contributed by atoms with Crippen molar-refractivity contribution in [3.8, 4) is 0 Å². The zero-order valence-corrected chi connectivity index (χ0v) is 12.8. The zero-order valence-electron chi connectivity index (χ0n) is 12.8. The second-order valence-electron chi connectivity index (χ2n) is 5.35. The second-order valence-corrected chi connectivity index (χ2v) is 5.35. The monoisotopic (exact) mass is 282 g/mol. The predicted octanol–water partition coefficient (Wildman–Crippen LogP) is 4.46. The summed E-state index contributed by atoms with van der Waals surface area (Å²) < 4.78 is 0. The smallest absolute Gasteiger partial charge is 0.255 e. The molecule has 2 N–H and O–H groups in total. The van der Waals surface area contributed by atoms with Gasteiger partial charge >= 0.3 is 0 Å². The van der Waals surface area contributed by atoms with Crippen molar-refractivity contribution in [2.24, 2.45) is 0 Å². The molecule has 0 aromatic heterocycles. The van der Waals surface area contributed by atoms with Crippen LogP contribution in [0.5, 0.6) is 0 Å². The van der Waals surface area contributed by atoms with Gasteiger partial charge in [0.2, 0.25) is 0 Å². The van der Waals surface area contributed by atoms with Gasteiger partial charge in [-0.2, -0.15) is 0 Å². The highest BCUT2D eigenvalue weighted by Crippen LogP contribution is 2.16. The van der Waals surface area contributed by atoms with Crippen LogP contribution in [0.4, 0.5) is 11.4 Å². The molecule has 2 rings (SSSR count). The number of anilines is 2. The maximum atomic E-state index is 12.1. The molecule has 2 aromatic carbocycles. The van der Waals surface area contributed by atoms with Gasteiger partial charge in [0.15, 0.2) is 0 Å². The van der Waals surface area contributed by atoms with E-state index in [1.165, 1.54) is 0 Å². The molecule has 1 amide bonds. The van der Waals surface area contributed by atoms with Crippen molar-refractivity contribution in [2.45, 2.75) is 33.2 Å². The van der Waals surface area contributed by atoms with E-state index >= 15 is 0 Å². The summed E-state index contributed by atoms with van der Waals surface area (Å²) in [7, 11) is 0. The lowest BCUT2D eigenvalue weighted by Gasteiger charge is -2.13. The lowest BCUT2D eigenvalue weighted by molar-refractivity contribution is 0.102. The first-order chi connectivity index (χ1) is 10.1. The van der Waals surface area contributed by atoms with E-state index in [-0.39, 0.29) is 5.91 Å². The summed E-state index contributed by atoms with van der Waals surface area (Å²) in [5, 5.41) is 6.31. The van der Waals surface area contributed by atoms with E-state index in [0.717, 1.165) is 23.4 Å². The molecule has 110 valence electrons. The van der Waals surface area contributed by atoms with Crippen molar-refractivity contribution in [1.29, 1.82) is 0 Å². The van der Waals surface area contributed by atoms with Crippen molar-refractivity contribution < 1.29 is 4.79 Å². The van der Waals surface area contributed by atoms with Crippen LogP contribution in [0.2, 0.25) is 0 Å². The molecule has 21 heavy (non-hydrogen) atoms. The normalized spacial score (nSPS) is 11.8. The number of aryl methyl sites for hydroxylation is 1. The van der Waals surface area contributed by atoms with Gasteiger partial charge in [-0.05, 0) is 56.7 Å². The van der Waals surface area contributed by atoms with Gasteiger partial charge in [0.1, 0.15) is 0 Å². The molecule has 0 spiro atoms. The molecule has 0 aliphatic carbocycles. The summed E-state index contributed by atoms with van der Waals surface area (Å²) in [5.41, 5.74) is 3.63. The first-order valence-electron chi connectivity index (χ1n) is 7.33. The molecule has 1 unspecified atom stereocenters. The number of rotatable bonds is 5.